The molecule has 0 saturated heterocycles. The van der Waals surface area contributed by atoms with Gasteiger partial charge in [0.05, 0.1) is 17.6 Å². The van der Waals surface area contributed by atoms with E-state index >= 15 is 0 Å². The van der Waals surface area contributed by atoms with Crippen molar-refractivity contribution in [2.45, 2.75) is 58.4 Å². The third-order valence-corrected chi connectivity index (χ3v) is 6.71. The molecule has 30 heavy (non-hydrogen) atoms. The second-order valence-electron chi connectivity index (χ2n) is 7.66. The highest BCUT2D eigenvalue weighted by molar-refractivity contribution is 7.18. The van der Waals surface area contributed by atoms with Crippen molar-refractivity contribution in [1.82, 2.24) is 9.55 Å². The summed E-state index contributed by atoms with van der Waals surface area (Å²) in [7, 11) is 0. The number of aryl methyl sites for hydroxylation is 3. The molecular weight excluding hydrogens is 400 g/mol. The fourth-order valence-electron chi connectivity index (χ4n) is 4.03. The van der Waals surface area contributed by atoms with Crippen molar-refractivity contribution >= 4 is 27.5 Å². The Bertz CT molecular complexity index is 1110. The number of fused-ring (bicyclic) bond motifs is 3. The van der Waals surface area contributed by atoms with Gasteiger partial charge in [0.25, 0.3) is 5.56 Å². The normalized spacial score (nSPS) is 13.4. The minimum atomic E-state index is -0.956. The van der Waals surface area contributed by atoms with Crippen LogP contribution < -0.4 is 10.3 Å². The molecule has 0 radical (unpaired) electrons. The molecule has 3 aromatic rings. The summed E-state index contributed by atoms with van der Waals surface area (Å²) in [5.74, 6) is 0.531. The smallest absolute Gasteiger partial charge is 0.335 e. The molecule has 1 aliphatic carbocycles. The zero-order valence-electron chi connectivity index (χ0n) is 17.1. The molecule has 0 saturated carbocycles. The zero-order chi connectivity index (χ0) is 21.1. The maximum Gasteiger partial charge on any atom is 0.335 e. The fourth-order valence-corrected chi connectivity index (χ4v) is 5.30. The fraction of sp³-hybridized carbons (Fsp3) is 0.435. The van der Waals surface area contributed by atoms with E-state index in [9.17, 15) is 9.59 Å². The third-order valence-electron chi connectivity index (χ3n) is 5.52. The lowest BCUT2D eigenvalue weighted by molar-refractivity contribution is 0.0697. The van der Waals surface area contributed by atoms with E-state index < -0.39 is 5.97 Å². The van der Waals surface area contributed by atoms with Crippen molar-refractivity contribution in [2.75, 3.05) is 6.61 Å². The van der Waals surface area contributed by atoms with E-state index in [-0.39, 0.29) is 11.1 Å². The van der Waals surface area contributed by atoms with Gasteiger partial charge in [-0.25, -0.2) is 9.78 Å². The first-order chi connectivity index (χ1) is 14.6. The number of aromatic nitrogens is 2. The topological polar surface area (TPSA) is 81.4 Å². The molecule has 0 atom stereocenters. The second-order valence-corrected chi connectivity index (χ2v) is 8.74. The average Bonchev–Trinajstić information content (AvgIpc) is 3.12. The summed E-state index contributed by atoms with van der Waals surface area (Å²) in [5.41, 5.74) is 1.55. The van der Waals surface area contributed by atoms with Crippen LogP contribution in [0.25, 0.3) is 10.2 Å². The summed E-state index contributed by atoms with van der Waals surface area (Å²) in [6, 6.07) is 6.37. The highest BCUT2D eigenvalue weighted by Crippen LogP contribution is 2.33. The van der Waals surface area contributed by atoms with Gasteiger partial charge in [0.15, 0.2) is 0 Å². The molecule has 1 aliphatic rings. The van der Waals surface area contributed by atoms with Gasteiger partial charge in [0.1, 0.15) is 16.4 Å². The van der Waals surface area contributed by atoms with Crippen LogP contribution in [0.5, 0.6) is 5.75 Å². The lowest BCUT2D eigenvalue weighted by atomic mass is 9.97. The monoisotopic (exact) mass is 426 g/mol. The predicted molar refractivity (Wildman–Crippen MR) is 118 cm³/mol. The van der Waals surface area contributed by atoms with Crippen molar-refractivity contribution in [1.29, 1.82) is 0 Å². The van der Waals surface area contributed by atoms with Gasteiger partial charge in [-0.15, -0.1) is 11.3 Å². The maximum atomic E-state index is 13.4. The van der Waals surface area contributed by atoms with Crippen molar-refractivity contribution in [3.63, 3.8) is 0 Å². The number of ether oxygens (including phenoxy) is 1. The van der Waals surface area contributed by atoms with Crippen LogP contribution in [-0.4, -0.2) is 27.2 Å². The minimum Gasteiger partial charge on any atom is -0.494 e. The average molecular weight is 427 g/mol. The molecule has 0 unspecified atom stereocenters. The van der Waals surface area contributed by atoms with Gasteiger partial charge in [-0.05, 0) is 68.4 Å². The molecule has 1 aromatic carbocycles. The lowest BCUT2D eigenvalue weighted by Crippen LogP contribution is -2.26. The van der Waals surface area contributed by atoms with Gasteiger partial charge in [-0.1, -0.05) is 6.92 Å². The van der Waals surface area contributed by atoms with Crippen LogP contribution in [0.1, 0.15) is 59.2 Å². The molecule has 0 fully saturated rings. The Morgan fingerprint density at radius 2 is 2.00 bits per heavy atom. The molecule has 158 valence electrons. The molecule has 1 N–H and O–H groups in total. The molecule has 0 aliphatic heterocycles. The van der Waals surface area contributed by atoms with Crippen LogP contribution in [0.15, 0.2) is 29.1 Å². The van der Waals surface area contributed by atoms with Gasteiger partial charge in [-0.2, -0.15) is 0 Å². The third kappa shape index (κ3) is 4.12. The van der Waals surface area contributed by atoms with Gasteiger partial charge in [0, 0.05) is 17.8 Å². The van der Waals surface area contributed by atoms with E-state index in [2.05, 4.69) is 6.92 Å². The molecule has 7 heteroatoms. The second kappa shape index (κ2) is 9.00. The molecule has 2 heterocycles. The number of thiophene rings is 1. The molecule has 0 spiro atoms. The van der Waals surface area contributed by atoms with Crippen molar-refractivity contribution < 1.29 is 14.6 Å². The molecule has 6 nitrogen and oxygen atoms in total. The summed E-state index contributed by atoms with van der Waals surface area (Å²) in [6.07, 6.45) is 6.78. The van der Waals surface area contributed by atoms with Gasteiger partial charge < -0.3 is 9.84 Å². The van der Waals surface area contributed by atoms with Crippen LogP contribution in [-0.2, 0) is 25.8 Å². The number of aromatic carboxylic acids is 1. The number of carboxylic acid groups (broad SMARTS) is 1. The first-order valence-corrected chi connectivity index (χ1v) is 11.4. The Hall–Kier alpha value is -2.67. The van der Waals surface area contributed by atoms with Gasteiger partial charge >= 0.3 is 5.97 Å². The van der Waals surface area contributed by atoms with Crippen LogP contribution in [0, 0.1) is 0 Å². The van der Waals surface area contributed by atoms with Crippen LogP contribution in [0.4, 0.5) is 0 Å². The van der Waals surface area contributed by atoms with E-state index in [1.165, 1.54) is 29.0 Å². The number of carboxylic acids is 1. The first-order valence-electron chi connectivity index (χ1n) is 10.6. The standard InChI is InChI=1S/C23H26N2O4S/c1-2-6-19-24-21-20(17-7-3-4-8-18(17)30-21)22(26)25(19)13-5-14-29-16-11-9-15(10-12-16)23(27)28/h9-12H,2-8,13-14H2,1H3,(H,27,28). The highest BCUT2D eigenvalue weighted by Gasteiger charge is 2.21. The highest BCUT2D eigenvalue weighted by atomic mass is 32.1. The Labute approximate surface area is 179 Å². The quantitative estimate of drug-likeness (QED) is 0.538. The van der Waals surface area contributed by atoms with Gasteiger partial charge in [-0.3, -0.25) is 9.36 Å². The Balaban J connectivity index is 1.51. The number of rotatable bonds is 8. The number of hydrogen-bond donors (Lipinski definition) is 1. The van der Waals surface area contributed by atoms with Crippen molar-refractivity contribution in [3.8, 4) is 5.75 Å². The SMILES string of the molecule is CCCc1nc2sc3c(c2c(=O)n1CCCOc1ccc(C(=O)O)cc1)CCCC3. The van der Waals surface area contributed by atoms with E-state index in [1.807, 2.05) is 4.57 Å². The predicted octanol–water partition coefficient (Wildman–Crippen LogP) is 4.46. The number of benzene rings is 1. The molecule has 4 rings (SSSR count). The van der Waals surface area contributed by atoms with E-state index in [0.29, 0.717) is 25.3 Å². The van der Waals surface area contributed by atoms with E-state index in [0.717, 1.165) is 48.1 Å². The van der Waals surface area contributed by atoms with Crippen LogP contribution in [0.3, 0.4) is 0 Å². The molecule has 0 bridgehead atoms. The zero-order valence-corrected chi connectivity index (χ0v) is 18.0. The van der Waals surface area contributed by atoms with E-state index in [1.54, 1.807) is 23.5 Å². The molecule has 2 aromatic heterocycles. The lowest BCUT2D eigenvalue weighted by Gasteiger charge is -2.14. The largest absolute Gasteiger partial charge is 0.494 e. The maximum absolute atomic E-state index is 13.4. The number of hydrogen-bond acceptors (Lipinski definition) is 5. The summed E-state index contributed by atoms with van der Waals surface area (Å²) < 4.78 is 7.58. The molecule has 0 amide bonds. The van der Waals surface area contributed by atoms with E-state index in [4.69, 9.17) is 14.8 Å². The van der Waals surface area contributed by atoms with Crippen LogP contribution >= 0.6 is 11.3 Å². The Kier molecular flexibility index (Phi) is 6.18. The summed E-state index contributed by atoms with van der Waals surface area (Å²) in [6.45, 7) is 3.11. The summed E-state index contributed by atoms with van der Waals surface area (Å²) >= 11 is 1.70. The minimum absolute atomic E-state index is 0.0914. The van der Waals surface area contributed by atoms with Crippen molar-refractivity contribution in [2.24, 2.45) is 0 Å². The van der Waals surface area contributed by atoms with Crippen molar-refractivity contribution in [3.05, 3.63) is 56.4 Å². The number of carbonyl (C=O) groups is 1. The Morgan fingerprint density at radius 1 is 1.23 bits per heavy atom. The summed E-state index contributed by atoms with van der Waals surface area (Å²) in [4.78, 5) is 31.4. The van der Waals surface area contributed by atoms with Crippen LogP contribution in [0.2, 0.25) is 0 Å². The van der Waals surface area contributed by atoms with Gasteiger partial charge in [0.2, 0.25) is 0 Å². The summed E-state index contributed by atoms with van der Waals surface area (Å²) in [5, 5.41) is 9.80. The Morgan fingerprint density at radius 3 is 2.73 bits per heavy atom. The molecular formula is C23H26N2O4S. The number of nitrogens with zero attached hydrogens (tertiary/aromatic N) is 2. The first kappa shape index (κ1) is 20.6.